The Morgan fingerprint density at radius 3 is 2.52 bits per heavy atom. The zero-order chi connectivity index (χ0) is 20.4. The number of nitrogens with one attached hydrogen (secondary N) is 1. The Hall–Kier alpha value is -3.18. The molecule has 29 heavy (non-hydrogen) atoms. The number of halogens is 2. The number of anilines is 1. The van der Waals surface area contributed by atoms with Crippen molar-refractivity contribution in [2.75, 3.05) is 5.32 Å². The smallest absolute Gasteiger partial charge is 0.255 e. The number of rotatable bonds is 5. The number of nitrogens with zero attached hydrogens (tertiary/aromatic N) is 1. The first-order valence-electron chi connectivity index (χ1n) is 9.21. The predicted octanol–water partition coefficient (Wildman–Crippen LogP) is 4.68. The number of carbonyl (C=O) groups excluding carboxylic acids is 2. The van der Waals surface area contributed by atoms with E-state index < -0.39 is 11.9 Å². The molecule has 0 fully saturated rings. The van der Waals surface area contributed by atoms with Crippen LogP contribution >= 0.6 is 11.6 Å². The molecule has 6 heteroatoms. The van der Waals surface area contributed by atoms with Gasteiger partial charge in [0.05, 0.1) is 5.02 Å². The summed E-state index contributed by atoms with van der Waals surface area (Å²) in [5, 5.41) is 2.69. The van der Waals surface area contributed by atoms with E-state index in [-0.39, 0.29) is 16.8 Å². The van der Waals surface area contributed by atoms with Gasteiger partial charge in [-0.05, 0) is 35.4 Å². The topological polar surface area (TPSA) is 49.4 Å². The van der Waals surface area contributed by atoms with Crippen molar-refractivity contribution < 1.29 is 14.0 Å². The minimum atomic E-state index is -0.721. The lowest BCUT2D eigenvalue weighted by atomic mass is 10.0. The van der Waals surface area contributed by atoms with Crippen molar-refractivity contribution in [1.29, 1.82) is 0 Å². The average molecular weight is 409 g/mol. The maximum Gasteiger partial charge on any atom is 0.255 e. The Morgan fingerprint density at radius 2 is 1.79 bits per heavy atom. The van der Waals surface area contributed by atoms with Gasteiger partial charge in [0.2, 0.25) is 5.91 Å². The second-order valence-corrected chi connectivity index (χ2v) is 7.32. The van der Waals surface area contributed by atoms with Crippen molar-refractivity contribution in [3.63, 3.8) is 0 Å². The minimum Gasteiger partial charge on any atom is -0.324 e. The van der Waals surface area contributed by atoms with E-state index >= 15 is 0 Å². The van der Waals surface area contributed by atoms with Gasteiger partial charge < -0.3 is 10.2 Å². The molecule has 3 aromatic rings. The van der Waals surface area contributed by atoms with E-state index in [0.717, 1.165) is 11.1 Å². The van der Waals surface area contributed by atoms with Crippen LogP contribution in [0.3, 0.4) is 0 Å². The number of fused-ring (bicyclic) bond motifs is 1. The first kappa shape index (κ1) is 19.2. The number of amides is 2. The normalized spacial score (nSPS) is 13.9. The first-order valence-corrected chi connectivity index (χ1v) is 9.59. The van der Waals surface area contributed by atoms with E-state index in [1.54, 1.807) is 11.0 Å². The molecule has 1 heterocycles. The fraction of sp³-hybridized carbons (Fsp3) is 0.130. The maximum absolute atomic E-state index is 13.4. The van der Waals surface area contributed by atoms with Gasteiger partial charge in [-0.25, -0.2) is 4.39 Å². The van der Waals surface area contributed by atoms with Crippen LogP contribution in [0.2, 0.25) is 5.02 Å². The van der Waals surface area contributed by atoms with Crippen molar-refractivity contribution in [2.24, 2.45) is 0 Å². The second kappa shape index (κ2) is 8.05. The van der Waals surface area contributed by atoms with Crippen LogP contribution in [0.25, 0.3) is 0 Å². The molecule has 1 unspecified atom stereocenters. The molecule has 0 aliphatic carbocycles. The van der Waals surface area contributed by atoms with Crippen LogP contribution < -0.4 is 5.32 Å². The molecular weight excluding hydrogens is 391 g/mol. The van der Waals surface area contributed by atoms with Crippen molar-refractivity contribution in [2.45, 2.75) is 19.0 Å². The molecule has 4 nitrogen and oxygen atoms in total. The van der Waals surface area contributed by atoms with Gasteiger partial charge in [0.1, 0.15) is 11.9 Å². The third-order valence-electron chi connectivity index (χ3n) is 4.99. The molecule has 1 aliphatic rings. The van der Waals surface area contributed by atoms with Crippen LogP contribution in [0.15, 0.2) is 72.8 Å². The van der Waals surface area contributed by atoms with E-state index in [1.807, 2.05) is 48.5 Å². The zero-order valence-corrected chi connectivity index (χ0v) is 16.2. The summed E-state index contributed by atoms with van der Waals surface area (Å²) in [5.74, 6) is -1.08. The highest BCUT2D eigenvalue weighted by molar-refractivity contribution is 6.31. The number of carbonyl (C=O) groups is 2. The lowest BCUT2D eigenvalue weighted by Gasteiger charge is -2.27. The van der Waals surface area contributed by atoms with E-state index in [4.69, 9.17) is 11.6 Å². The van der Waals surface area contributed by atoms with Crippen molar-refractivity contribution in [3.8, 4) is 0 Å². The summed E-state index contributed by atoms with van der Waals surface area (Å²) in [5.41, 5.74) is 2.83. The molecule has 1 N–H and O–H groups in total. The predicted molar refractivity (Wildman–Crippen MR) is 110 cm³/mol. The third kappa shape index (κ3) is 4.00. The summed E-state index contributed by atoms with van der Waals surface area (Å²) in [6.45, 7) is 0.365. The quantitative estimate of drug-likeness (QED) is 0.666. The zero-order valence-electron chi connectivity index (χ0n) is 15.4. The van der Waals surface area contributed by atoms with Crippen LogP contribution in [0, 0.1) is 5.82 Å². The highest BCUT2D eigenvalue weighted by Gasteiger charge is 2.36. The first-order chi connectivity index (χ1) is 14.0. The van der Waals surface area contributed by atoms with Crippen molar-refractivity contribution in [3.05, 3.63) is 100 Å². The Morgan fingerprint density at radius 1 is 1.07 bits per heavy atom. The Bertz CT molecular complexity index is 1070. The standard InChI is InChI=1S/C23H18ClFN2O2/c24-19-13-17(10-11-20(19)25)26-22(28)21(12-15-6-2-1-3-7-15)27-14-16-8-4-5-9-18(16)23(27)29/h1-11,13,21H,12,14H2,(H,26,28). The molecule has 0 bridgehead atoms. The third-order valence-corrected chi connectivity index (χ3v) is 5.28. The van der Waals surface area contributed by atoms with Crippen LogP contribution in [-0.2, 0) is 17.8 Å². The molecule has 1 atom stereocenters. The van der Waals surface area contributed by atoms with Gasteiger partial charge >= 0.3 is 0 Å². The van der Waals surface area contributed by atoms with Gasteiger partial charge in [-0.3, -0.25) is 9.59 Å². The largest absolute Gasteiger partial charge is 0.324 e. The Kier molecular flexibility index (Phi) is 5.32. The summed E-state index contributed by atoms with van der Waals surface area (Å²) < 4.78 is 13.4. The summed E-state index contributed by atoms with van der Waals surface area (Å²) in [6, 6.07) is 20.2. The average Bonchev–Trinajstić information content (AvgIpc) is 3.06. The summed E-state index contributed by atoms with van der Waals surface area (Å²) in [4.78, 5) is 27.7. The lowest BCUT2D eigenvalue weighted by Crippen LogP contribution is -2.45. The van der Waals surface area contributed by atoms with Gasteiger partial charge in [-0.2, -0.15) is 0 Å². The second-order valence-electron chi connectivity index (χ2n) is 6.91. The molecule has 0 saturated carbocycles. The number of benzene rings is 3. The van der Waals surface area contributed by atoms with Gasteiger partial charge in [-0.15, -0.1) is 0 Å². The van der Waals surface area contributed by atoms with Crippen LogP contribution in [-0.4, -0.2) is 22.8 Å². The summed E-state index contributed by atoms with van der Waals surface area (Å²) in [6.07, 6.45) is 0.362. The number of hydrogen-bond acceptors (Lipinski definition) is 2. The van der Waals surface area contributed by atoms with E-state index in [9.17, 15) is 14.0 Å². The molecule has 1 aliphatic heterocycles. The van der Waals surface area contributed by atoms with Crippen LogP contribution in [0.5, 0.6) is 0 Å². The van der Waals surface area contributed by atoms with Crippen molar-refractivity contribution >= 4 is 29.1 Å². The monoisotopic (exact) mass is 408 g/mol. The van der Waals surface area contributed by atoms with Crippen LogP contribution in [0.4, 0.5) is 10.1 Å². The Labute approximate surface area is 172 Å². The Balaban J connectivity index is 1.62. The minimum absolute atomic E-state index is 0.0768. The molecular formula is C23H18ClFN2O2. The SMILES string of the molecule is O=C(Nc1ccc(F)c(Cl)c1)C(Cc1ccccc1)N1Cc2ccccc2C1=O. The molecule has 3 aromatic carbocycles. The fourth-order valence-electron chi connectivity index (χ4n) is 3.51. The molecule has 0 radical (unpaired) electrons. The van der Waals surface area contributed by atoms with Crippen LogP contribution in [0.1, 0.15) is 21.5 Å². The molecule has 4 rings (SSSR count). The highest BCUT2D eigenvalue weighted by Crippen LogP contribution is 2.27. The molecule has 0 saturated heterocycles. The molecule has 2 amide bonds. The van der Waals surface area contributed by atoms with Crippen molar-refractivity contribution in [1.82, 2.24) is 4.90 Å². The van der Waals surface area contributed by atoms with Gasteiger partial charge in [0.25, 0.3) is 5.91 Å². The maximum atomic E-state index is 13.4. The highest BCUT2D eigenvalue weighted by atomic mass is 35.5. The molecule has 146 valence electrons. The van der Waals surface area contributed by atoms with Gasteiger partial charge in [0.15, 0.2) is 0 Å². The van der Waals surface area contributed by atoms with E-state index in [1.165, 1.54) is 18.2 Å². The number of hydrogen-bond donors (Lipinski definition) is 1. The fourth-order valence-corrected chi connectivity index (χ4v) is 3.69. The van der Waals surface area contributed by atoms with E-state index in [0.29, 0.717) is 24.2 Å². The van der Waals surface area contributed by atoms with Gasteiger partial charge in [0, 0.05) is 24.2 Å². The molecule has 0 aromatic heterocycles. The summed E-state index contributed by atoms with van der Waals surface area (Å²) >= 11 is 5.83. The van der Waals surface area contributed by atoms with Gasteiger partial charge in [-0.1, -0.05) is 60.1 Å². The summed E-state index contributed by atoms with van der Waals surface area (Å²) in [7, 11) is 0. The molecule has 0 spiro atoms. The van der Waals surface area contributed by atoms with E-state index in [2.05, 4.69) is 5.32 Å². The lowest BCUT2D eigenvalue weighted by molar-refractivity contribution is -0.120.